The van der Waals surface area contributed by atoms with Gasteiger partial charge < -0.3 is 0 Å². The van der Waals surface area contributed by atoms with Crippen molar-refractivity contribution in [2.75, 3.05) is 26.2 Å². The van der Waals surface area contributed by atoms with Gasteiger partial charge in [-0.1, -0.05) is 34.1 Å². The second kappa shape index (κ2) is 7.16. The average Bonchev–Trinajstić information content (AvgIpc) is 2.63. The van der Waals surface area contributed by atoms with Crippen LogP contribution < -0.4 is 0 Å². The lowest BCUT2D eigenvalue weighted by atomic mass is 10.4. The third kappa shape index (κ3) is 3.80. The first kappa shape index (κ1) is 18.5. The molecule has 0 N–H and O–H groups in total. The van der Waals surface area contributed by atoms with Gasteiger partial charge in [-0.15, -0.1) is 0 Å². The van der Waals surface area contributed by atoms with Gasteiger partial charge >= 0.3 is 0 Å². The molecule has 0 aliphatic carbocycles. The first-order valence-electron chi connectivity index (χ1n) is 7.63. The van der Waals surface area contributed by atoms with E-state index in [1.54, 1.807) is 42.5 Å². The van der Waals surface area contributed by atoms with E-state index in [2.05, 4.69) is 15.9 Å². The predicted molar refractivity (Wildman–Crippen MR) is 98.1 cm³/mol. The van der Waals surface area contributed by atoms with Crippen LogP contribution in [0.5, 0.6) is 0 Å². The summed E-state index contributed by atoms with van der Waals surface area (Å²) in [7, 11) is -7.22. The predicted octanol–water partition coefficient (Wildman–Crippen LogP) is 2.14. The number of hydrogen-bond acceptors (Lipinski definition) is 4. The zero-order chi connectivity index (χ0) is 18.1. The first-order chi connectivity index (χ1) is 11.8. The fourth-order valence-corrected chi connectivity index (χ4v) is 5.78. The standard InChI is InChI=1S/C16H17BrN2O4S2/c17-14-6-8-16(9-7-14)25(22,23)19-12-10-18(11-13-19)24(20,21)15-4-2-1-3-5-15/h1-9H,10-13H2. The van der Waals surface area contributed by atoms with Crippen LogP contribution in [-0.4, -0.2) is 51.6 Å². The summed E-state index contributed by atoms with van der Waals surface area (Å²) >= 11 is 3.28. The smallest absolute Gasteiger partial charge is 0.207 e. The molecule has 0 spiro atoms. The SMILES string of the molecule is O=S(=O)(c1ccccc1)N1CCN(S(=O)(=O)c2ccc(Br)cc2)CC1. The summed E-state index contributed by atoms with van der Waals surface area (Å²) in [5.41, 5.74) is 0. The Balaban J connectivity index is 1.75. The monoisotopic (exact) mass is 444 g/mol. The summed E-state index contributed by atoms with van der Waals surface area (Å²) in [4.78, 5) is 0.425. The normalized spacial score (nSPS) is 17.5. The molecular weight excluding hydrogens is 428 g/mol. The van der Waals surface area contributed by atoms with Gasteiger partial charge in [-0.25, -0.2) is 16.8 Å². The Hall–Kier alpha value is -1.26. The molecule has 1 fully saturated rings. The molecule has 0 unspecified atom stereocenters. The minimum atomic E-state index is -3.62. The zero-order valence-corrected chi connectivity index (χ0v) is 16.5. The number of benzene rings is 2. The van der Waals surface area contributed by atoms with Gasteiger partial charge in [0.15, 0.2) is 0 Å². The summed E-state index contributed by atoms with van der Waals surface area (Å²) in [5, 5.41) is 0. The van der Waals surface area contributed by atoms with E-state index in [-0.39, 0.29) is 36.0 Å². The van der Waals surface area contributed by atoms with Crippen LogP contribution >= 0.6 is 15.9 Å². The summed E-state index contributed by atoms with van der Waals surface area (Å²) in [5.74, 6) is 0. The van der Waals surface area contributed by atoms with Crippen molar-refractivity contribution in [3.63, 3.8) is 0 Å². The Labute approximate surface area is 156 Å². The number of halogens is 1. The lowest BCUT2D eigenvalue weighted by Gasteiger charge is -2.33. The molecule has 25 heavy (non-hydrogen) atoms. The van der Waals surface area contributed by atoms with Gasteiger partial charge in [-0.05, 0) is 36.4 Å². The number of rotatable bonds is 4. The van der Waals surface area contributed by atoms with Crippen LogP contribution in [0.4, 0.5) is 0 Å². The molecule has 1 saturated heterocycles. The molecule has 0 atom stereocenters. The highest BCUT2D eigenvalue weighted by Crippen LogP contribution is 2.22. The van der Waals surface area contributed by atoms with Crippen molar-refractivity contribution in [3.8, 4) is 0 Å². The molecule has 1 heterocycles. The van der Waals surface area contributed by atoms with Crippen LogP contribution in [0, 0.1) is 0 Å². The van der Waals surface area contributed by atoms with Gasteiger partial charge in [-0.2, -0.15) is 8.61 Å². The second-order valence-corrected chi connectivity index (χ2v) is 10.4. The molecule has 0 amide bonds. The Morgan fingerprint density at radius 1 is 0.640 bits per heavy atom. The van der Waals surface area contributed by atoms with Crippen LogP contribution in [0.3, 0.4) is 0 Å². The maximum atomic E-state index is 12.7. The maximum absolute atomic E-state index is 12.7. The molecule has 2 aromatic carbocycles. The molecular formula is C16H17BrN2O4S2. The van der Waals surface area contributed by atoms with Crippen LogP contribution in [0.2, 0.25) is 0 Å². The lowest BCUT2D eigenvalue weighted by Crippen LogP contribution is -2.50. The van der Waals surface area contributed by atoms with Crippen LogP contribution in [0.25, 0.3) is 0 Å². The van der Waals surface area contributed by atoms with E-state index >= 15 is 0 Å². The Morgan fingerprint density at radius 3 is 1.48 bits per heavy atom. The van der Waals surface area contributed by atoms with Gasteiger partial charge in [0.1, 0.15) is 0 Å². The molecule has 9 heteroatoms. The third-order valence-electron chi connectivity index (χ3n) is 4.03. The second-order valence-electron chi connectivity index (χ2n) is 5.58. The van der Waals surface area contributed by atoms with Crippen molar-refractivity contribution in [1.29, 1.82) is 0 Å². The van der Waals surface area contributed by atoms with E-state index in [4.69, 9.17) is 0 Å². The minimum absolute atomic E-state index is 0.129. The van der Waals surface area contributed by atoms with Gasteiger partial charge in [-0.3, -0.25) is 0 Å². The number of piperazine rings is 1. The van der Waals surface area contributed by atoms with Crippen molar-refractivity contribution < 1.29 is 16.8 Å². The highest BCUT2D eigenvalue weighted by atomic mass is 79.9. The van der Waals surface area contributed by atoms with E-state index in [0.717, 1.165) is 4.47 Å². The Bertz CT molecular complexity index is 937. The van der Waals surface area contributed by atoms with E-state index < -0.39 is 20.0 Å². The highest BCUT2D eigenvalue weighted by molar-refractivity contribution is 9.10. The van der Waals surface area contributed by atoms with Gasteiger partial charge in [0.05, 0.1) is 9.79 Å². The molecule has 2 aromatic rings. The molecule has 0 bridgehead atoms. The van der Waals surface area contributed by atoms with Crippen molar-refractivity contribution >= 4 is 36.0 Å². The largest absolute Gasteiger partial charge is 0.243 e. The molecule has 0 saturated carbocycles. The molecule has 1 aliphatic heterocycles. The van der Waals surface area contributed by atoms with Gasteiger partial charge in [0, 0.05) is 30.7 Å². The molecule has 0 radical (unpaired) electrons. The van der Waals surface area contributed by atoms with Crippen molar-refractivity contribution in [2.45, 2.75) is 9.79 Å². The van der Waals surface area contributed by atoms with Crippen LogP contribution in [0.15, 0.2) is 68.9 Å². The molecule has 0 aromatic heterocycles. The summed E-state index contributed by atoms with van der Waals surface area (Å²) in [6.45, 7) is 0.523. The van der Waals surface area contributed by atoms with E-state index in [1.165, 1.54) is 20.7 Å². The van der Waals surface area contributed by atoms with Crippen molar-refractivity contribution in [3.05, 3.63) is 59.1 Å². The maximum Gasteiger partial charge on any atom is 0.243 e. The zero-order valence-electron chi connectivity index (χ0n) is 13.2. The molecule has 3 rings (SSSR count). The number of sulfonamides is 2. The Morgan fingerprint density at radius 2 is 1.04 bits per heavy atom. The lowest BCUT2D eigenvalue weighted by molar-refractivity contribution is 0.273. The number of nitrogens with zero attached hydrogens (tertiary/aromatic N) is 2. The number of hydrogen-bond donors (Lipinski definition) is 0. The topological polar surface area (TPSA) is 74.8 Å². The summed E-state index contributed by atoms with van der Waals surface area (Å²) in [6, 6.07) is 14.6. The fourth-order valence-electron chi connectivity index (χ4n) is 2.65. The van der Waals surface area contributed by atoms with Gasteiger partial charge in [0.25, 0.3) is 0 Å². The summed E-state index contributed by atoms with van der Waals surface area (Å²) in [6.07, 6.45) is 0. The molecule has 134 valence electrons. The first-order valence-corrected chi connectivity index (χ1v) is 11.3. The fraction of sp³-hybridized carbons (Fsp3) is 0.250. The third-order valence-corrected chi connectivity index (χ3v) is 8.38. The van der Waals surface area contributed by atoms with E-state index in [1.807, 2.05) is 0 Å². The Kier molecular flexibility index (Phi) is 5.31. The molecule has 1 aliphatic rings. The van der Waals surface area contributed by atoms with Gasteiger partial charge in [0.2, 0.25) is 20.0 Å². The van der Waals surface area contributed by atoms with Crippen LogP contribution in [0.1, 0.15) is 0 Å². The average molecular weight is 445 g/mol. The van der Waals surface area contributed by atoms with Crippen molar-refractivity contribution in [2.24, 2.45) is 0 Å². The van der Waals surface area contributed by atoms with Crippen molar-refractivity contribution in [1.82, 2.24) is 8.61 Å². The highest BCUT2D eigenvalue weighted by Gasteiger charge is 2.33. The molecule has 6 nitrogen and oxygen atoms in total. The van der Waals surface area contributed by atoms with Crippen LogP contribution in [-0.2, 0) is 20.0 Å². The van der Waals surface area contributed by atoms with E-state index in [9.17, 15) is 16.8 Å². The minimum Gasteiger partial charge on any atom is -0.207 e. The van der Waals surface area contributed by atoms with E-state index in [0.29, 0.717) is 0 Å². The quantitative estimate of drug-likeness (QED) is 0.723. The summed E-state index contributed by atoms with van der Waals surface area (Å²) < 4.78 is 54.0.